The topological polar surface area (TPSA) is 84.9 Å². The molecular weight excluding hydrogens is 348 g/mol. The molecule has 3 saturated heterocycles. The Bertz CT molecular complexity index is 739. The molecule has 3 aliphatic heterocycles. The van der Waals surface area contributed by atoms with Crippen molar-refractivity contribution in [2.45, 2.75) is 32.0 Å². The number of carbonyl (C=O) groups excluding carboxylic acids is 3. The van der Waals surface area contributed by atoms with E-state index in [4.69, 9.17) is 21.1 Å². The van der Waals surface area contributed by atoms with Gasteiger partial charge in [-0.15, -0.1) is 0 Å². The normalized spacial score (nSPS) is 29.9. The molecule has 7 nitrogen and oxygen atoms in total. The van der Waals surface area contributed by atoms with Gasteiger partial charge in [0.1, 0.15) is 5.75 Å². The van der Waals surface area contributed by atoms with Crippen LogP contribution in [-0.4, -0.2) is 41.5 Å². The average Bonchev–Trinajstić information content (AvgIpc) is 3.26. The Morgan fingerprint density at radius 2 is 1.92 bits per heavy atom. The number of fused-ring (bicyclic) bond motifs is 5. The van der Waals surface area contributed by atoms with Gasteiger partial charge in [0.15, 0.2) is 6.61 Å². The second-order valence-corrected chi connectivity index (χ2v) is 7.00. The van der Waals surface area contributed by atoms with E-state index in [-0.39, 0.29) is 18.8 Å². The molecule has 0 aliphatic carbocycles. The first-order valence-electron chi connectivity index (χ1n) is 8.17. The van der Waals surface area contributed by atoms with Gasteiger partial charge in [-0.25, -0.2) is 0 Å². The van der Waals surface area contributed by atoms with E-state index >= 15 is 0 Å². The number of benzene rings is 1. The van der Waals surface area contributed by atoms with Crippen LogP contribution in [-0.2, 0) is 19.1 Å². The maximum Gasteiger partial charge on any atom is 0.276 e. The molecule has 25 heavy (non-hydrogen) atoms. The fourth-order valence-electron chi connectivity index (χ4n) is 3.84. The van der Waals surface area contributed by atoms with Crippen LogP contribution in [0.5, 0.6) is 5.75 Å². The van der Waals surface area contributed by atoms with Gasteiger partial charge in [0.2, 0.25) is 0 Å². The quantitative estimate of drug-likeness (QED) is 0.812. The lowest BCUT2D eigenvalue weighted by atomic mass is 9.81. The van der Waals surface area contributed by atoms with Crippen molar-refractivity contribution in [2.24, 2.45) is 11.8 Å². The molecule has 3 amide bonds. The van der Waals surface area contributed by atoms with Crippen molar-refractivity contribution in [3.63, 3.8) is 0 Å². The highest BCUT2D eigenvalue weighted by atomic mass is 35.5. The zero-order valence-electron chi connectivity index (χ0n) is 13.5. The number of hydrogen-bond acceptors (Lipinski definition) is 5. The van der Waals surface area contributed by atoms with E-state index in [1.54, 1.807) is 18.2 Å². The molecule has 3 heterocycles. The Labute approximate surface area is 149 Å². The smallest absolute Gasteiger partial charge is 0.276 e. The van der Waals surface area contributed by atoms with Crippen LogP contribution in [0.2, 0.25) is 5.02 Å². The van der Waals surface area contributed by atoms with E-state index in [0.717, 1.165) is 23.4 Å². The lowest BCUT2D eigenvalue weighted by Crippen LogP contribution is -2.49. The number of nitrogens with zero attached hydrogens (tertiary/aromatic N) is 1. The molecule has 0 aromatic heterocycles. The molecule has 132 valence electrons. The van der Waals surface area contributed by atoms with Gasteiger partial charge in [-0.1, -0.05) is 11.6 Å². The van der Waals surface area contributed by atoms with Gasteiger partial charge in [0, 0.05) is 5.02 Å². The number of hydrazine groups is 1. The molecule has 0 spiro atoms. The second-order valence-electron chi connectivity index (χ2n) is 6.59. The minimum Gasteiger partial charge on any atom is -0.484 e. The zero-order valence-corrected chi connectivity index (χ0v) is 14.3. The minimum absolute atomic E-state index is 0.207. The van der Waals surface area contributed by atoms with Gasteiger partial charge in [-0.3, -0.25) is 19.8 Å². The van der Waals surface area contributed by atoms with Gasteiger partial charge in [-0.05, 0) is 43.5 Å². The minimum atomic E-state index is -0.567. The summed E-state index contributed by atoms with van der Waals surface area (Å²) in [4.78, 5) is 36.9. The Morgan fingerprint density at radius 1 is 1.28 bits per heavy atom. The number of imide groups is 1. The fourth-order valence-corrected chi connectivity index (χ4v) is 3.95. The summed E-state index contributed by atoms with van der Waals surface area (Å²) in [5.41, 5.74) is 3.19. The highest BCUT2D eigenvalue weighted by Crippen LogP contribution is 2.47. The maximum absolute atomic E-state index is 12.4. The van der Waals surface area contributed by atoms with Crippen molar-refractivity contribution in [2.75, 3.05) is 6.61 Å². The monoisotopic (exact) mass is 364 g/mol. The van der Waals surface area contributed by atoms with Crippen molar-refractivity contribution in [1.29, 1.82) is 0 Å². The van der Waals surface area contributed by atoms with Gasteiger partial charge < -0.3 is 9.47 Å². The molecule has 4 atom stereocenters. The zero-order chi connectivity index (χ0) is 17.7. The number of aryl methyl sites for hydroxylation is 1. The van der Waals surface area contributed by atoms with Gasteiger partial charge >= 0.3 is 0 Å². The van der Waals surface area contributed by atoms with Gasteiger partial charge in [0.25, 0.3) is 17.7 Å². The van der Waals surface area contributed by atoms with Crippen LogP contribution in [0.4, 0.5) is 0 Å². The van der Waals surface area contributed by atoms with Crippen molar-refractivity contribution in [3.8, 4) is 5.75 Å². The molecule has 0 saturated carbocycles. The first kappa shape index (κ1) is 16.4. The van der Waals surface area contributed by atoms with Crippen LogP contribution < -0.4 is 10.2 Å². The van der Waals surface area contributed by atoms with Crippen LogP contribution in [0.15, 0.2) is 18.2 Å². The van der Waals surface area contributed by atoms with E-state index in [0.29, 0.717) is 10.8 Å². The van der Waals surface area contributed by atoms with Crippen LogP contribution in [0.25, 0.3) is 0 Å². The Hall–Kier alpha value is -2.12. The van der Waals surface area contributed by atoms with Crippen molar-refractivity contribution >= 4 is 29.3 Å². The summed E-state index contributed by atoms with van der Waals surface area (Å²) in [6.07, 6.45) is 1.15. The van der Waals surface area contributed by atoms with Crippen LogP contribution >= 0.6 is 11.6 Å². The van der Waals surface area contributed by atoms with Crippen molar-refractivity contribution in [3.05, 3.63) is 28.8 Å². The van der Waals surface area contributed by atoms with Crippen LogP contribution in [0.3, 0.4) is 0 Å². The summed E-state index contributed by atoms with van der Waals surface area (Å²) >= 11 is 5.94. The summed E-state index contributed by atoms with van der Waals surface area (Å²) in [6, 6.07) is 5.03. The van der Waals surface area contributed by atoms with Crippen LogP contribution in [0, 0.1) is 18.8 Å². The Morgan fingerprint density at radius 3 is 2.52 bits per heavy atom. The first-order chi connectivity index (χ1) is 12.0. The number of nitrogens with one attached hydrogen (secondary N) is 1. The largest absolute Gasteiger partial charge is 0.484 e. The molecule has 8 heteroatoms. The number of amides is 3. The number of halogens is 1. The molecule has 2 bridgehead atoms. The highest BCUT2D eigenvalue weighted by Gasteiger charge is 2.62. The second kappa shape index (κ2) is 6.00. The van der Waals surface area contributed by atoms with Crippen molar-refractivity contribution in [1.82, 2.24) is 10.4 Å². The number of hydrogen-bond donors (Lipinski definition) is 1. The summed E-state index contributed by atoms with van der Waals surface area (Å²) in [5, 5.41) is 1.44. The van der Waals surface area contributed by atoms with E-state index in [2.05, 4.69) is 5.43 Å². The van der Waals surface area contributed by atoms with Crippen molar-refractivity contribution < 1.29 is 23.9 Å². The average molecular weight is 365 g/mol. The Balaban J connectivity index is 1.37. The number of rotatable bonds is 4. The molecule has 0 unspecified atom stereocenters. The lowest BCUT2D eigenvalue weighted by molar-refractivity contribution is -0.151. The summed E-state index contributed by atoms with van der Waals surface area (Å²) in [6.45, 7) is 1.52. The molecule has 1 N–H and O–H groups in total. The third-order valence-electron chi connectivity index (χ3n) is 5.02. The molecule has 1 aromatic carbocycles. The Kier molecular flexibility index (Phi) is 3.92. The summed E-state index contributed by atoms with van der Waals surface area (Å²) < 4.78 is 11.0. The summed E-state index contributed by atoms with van der Waals surface area (Å²) in [5.74, 6) is -1.80. The standard InChI is InChI=1S/C17H17ClN2O5/c1-8-6-9(2-3-10(8)18)24-7-13(21)19-20-16(22)14-11-4-5-12(25-11)15(14)17(20)23/h2-3,6,11-12,14-15H,4-5,7H2,1H3,(H,19,21)/t11-,12+,14-,15+. The SMILES string of the molecule is Cc1cc(OCC(=O)NN2C(=O)[C@@H]3[C@H](C2=O)[C@H]2CC[C@@H]3O2)ccc1Cl. The first-order valence-corrected chi connectivity index (χ1v) is 8.55. The predicted molar refractivity (Wildman–Crippen MR) is 86.6 cm³/mol. The summed E-state index contributed by atoms with van der Waals surface area (Å²) in [7, 11) is 0. The fraction of sp³-hybridized carbons (Fsp3) is 0.471. The molecule has 1 aromatic rings. The molecule has 0 radical (unpaired) electrons. The third-order valence-corrected chi connectivity index (χ3v) is 5.44. The highest BCUT2D eigenvalue weighted by molar-refractivity contribution is 6.31. The van der Waals surface area contributed by atoms with E-state index in [9.17, 15) is 14.4 Å². The van der Waals surface area contributed by atoms with Gasteiger partial charge in [0.05, 0.1) is 24.0 Å². The third kappa shape index (κ3) is 2.67. The number of ether oxygens (including phenoxy) is 2. The predicted octanol–water partition coefficient (Wildman–Crippen LogP) is 1.22. The molecular formula is C17H17ClN2O5. The van der Waals surface area contributed by atoms with Gasteiger partial charge in [-0.2, -0.15) is 5.01 Å². The molecule has 4 rings (SSSR count). The number of carbonyl (C=O) groups is 3. The van der Waals surface area contributed by atoms with Crippen LogP contribution in [0.1, 0.15) is 18.4 Å². The molecule has 3 aliphatic rings. The molecule has 3 fully saturated rings. The maximum atomic E-state index is 12.4. The van der Waals surface area contributed by atoms with E-state index < -0.39 is 29.6 Å². The van der Waals surface area contributed by atoms with E-state index in [1.807, 2.05) is 6.92 Å². The lowest BCUT2D eigenvalue weighted by Gasteiger charge is -2.18. The van der Waals surface area contributed by atoms with E-state index in [1.165, 1.54) is 0 Å².